The molecule has 0 nitrogen and oxygen atoms in total. The quantitative estimate of drug-likeness (QED) is 0.512. The summed E-state index contributed by atoms with van der Waals surface area (Å²) in [5.74, 6) is 0. The highest BCUT2D eigenvalue weighted by atomic mass is 35.5. The zero-order valence-corrected chi connectivity index (χ0v) is 7.50. The molecule has 1 rings (SSSR count). The van der Waals surface area contributed by atoms with Crippen molar-refractivity contribution in [2.75, 3.05) is 0 Å². The van der Waals surface area contributed by atoms with E-state index in [1.54, 1.807) is 6.07 Å². The maximum Gasteiger partial charge on any atom is 0.102 e. The molecule has 0 radical (unpaired) electrons. The van der Waals surface area contributed by atoms with Crippen LogP contribution in [0.25, 0.3) is 0 Å². The normalized spacial score (nSPS) is 13.1. The van der Waals surface area contributed by atoms with Crippen molar-refractivity contribution in [1.29, 1.82) is 0 Å². The van der Waals surface area contributed by atoms with Gasteiger partial charge in [-0.15, -0.1) is 11.6 Å². The third-order valence-corrected chi connectivity index (χ3v) is 2.02. The fourth-order valence-corrected chi connectivity index (χ4v) is 1.46. The van der Waals surface area contributed by atoms with Crippen LogP contribution in [0.4, 0.5) is 0 Å². The average molecular weight is 193 g/mol. The Hall–Kier alpha value is 0.150. The van der Waals surface area contributed by atoms with Crippen molar-refractivity contribution in [3.63, 3.8) is 0 Å². The van der Waals surface area contributed by atoms with E-state index in [4.69, 9.17) is 23.2 Å². The summed E-state index contributed by atoms with van der Waals surface area (Å²) in [6.45, 7) is 0. The highest BCUT2D eigenvalue weighted by Crippen LogP contribution is 2.29. The molecule has 0 aliphatic rings. The van der Waals surface area contributed by atoms with Gasteiger partial charge in [-0.2, -0.15) is 12.6 Å². The summed E-state index contributed by atoms with van der Waals surface area (Å²) in [4.78, 5) is 0. The first-order chi connectivity index (χ1) is 4.72. The summed E-state index contributed by atoms with van der Waals surface area (Å²) >= 11 is 15.5. The van der Waals surface area contributed by atoms with Crippen molar-refractivity contribution in [3.05, 3.63) is 34.9 Å². The lowest BCUT2D eigenvalue weighted by Gasteiger charge is -2.02. The van der Waals surface area contributed by atoms with Crippen molar-refractivity contribution in [3.8, 4) is 0 Å². The van der Waals surface area contributed by atoms with Crippen LogP contribution in [0.3, 0.4) is 0 Å². The minimum Gasteiger partial charge on any atom is -0.155 e. The van der Waals surface area contributed by atoms with Crippen LogP contribution >= 0.6 is 35.8 Å². The lowest BCUT2D eigenvalue weighted by molar-refractivity contribution is 1.38. The maximum atomic E-state index is 5.79. The number of halogens is 2. The second-order valence-electron chi connectivity index (χ2n) is 1.86. The first-order valence-corrected chi connectivity index (χ1v) is 4.11. The summed E-state index contributed by atoms with van der Waals surface area (Å²) in [6, 6.07) is 7.39. The first-order valence-electron chi connectivity index (χ1n) is 2.78. The average Bonchev–Trinajstić information content (AvgIpc) is 1.88. The molecule has 10 heavy (non-hydrogen) atoms. The molecule has 0 aromatic heterocycles. The van der Waals surface area contributed by atoms with Gasteiger partial charge < -0.3 is 0 Å². The van der Waals surface area contributed by atoms with Crippen LogP contribution in [-0.4, -0.2) is 0 Å². The minimum atomic E-state index is -0.311. The molecule has 0 bridgehead atoms. The van der Waals surface area contributed by atoms with Gasteiger partial charge in [0.05, 0.1) is 0 Å². The van der Waals surface area contributed by atoms with Gasteiger partial charge in [0.25, 0.3) is 0 Å². The zero-order valence-electron chi connectivity index (χ0n) is 5.09. The number of hydrogen-bond donors (Lipinski definition) is 1. The van der Waals surface area contributed by atoms with Gasteiger partial charge in [0.15, 0.2) is 0 Å². The Balaban J connectivity index is 3.03. The molecule has 1 aromatic carbocycles. The zero-order chi connectivity index (χ0) is 7.56. The Morgan fingerprint density at radius 2 is 1.90 bits per heavy atom. The third kappa shape index (κ3) is 1.82. The van der Waals surface area contributed by atoms with E-state index in [1.807, 2.05) is 18.2 Å². The minimum absolute atomic E-state index is 0.311. The molecule has 0 amide bonds. The van der Waals surface area contributed by atoms with Crippen molar-refractivity contribution in [1.82, 2.24) is 0 Å². The smallest absolute Gasteiger partial charge is 0.102 e. The molecule has 0 spiro atoms. The predicted octanol–water partition coefficient (Wildman–Crippen LogP) is 3.51. The highest BCUT2D eigenvalue weighted by Gasteiger charge is 2.04. The first kappa shape index (κ1) is 8.25. The van der Waals surface area contributed by atoms with Crippen LogP contribution in [0, 0.1) is 0 Å². The van der Waals surface area contributed by atoms with Gasteiger partial charge in [-0.3, -0.25) is 0 Å². The van der Waals surface area contributed by atoms with Crippen LogP contribution in [-0.2, 0) is 0 Å². The Morgan fingerprint density at radius 3 is 2.30 bits per heavy atom. The van der Waals surface area contributed by atoms with Gasteiger partial charge in [0.2, 0.25) is 0 Å². The predicted molar refractivity (Wildman–Crippen MR) is 49.0 cm³/mol. The van der Waals surface area contributed by atoms with Crippen molar-refractivity contribution >= 4 is 35.8 Å². The summed E-state index contributed by atoms with van der Waals surface area (Å²) in [6.07, 6.45) is 0. The van der Waals surface area contributed by atoms with Crippen molar-refractivity contribution in [2.24, 2.45) is 0 Å². The standard InChI is InChI=1S/C7H6Cl2S/c8-6-4-2-1-3-5(6)7(9)10/h1-4,7,10H. The Labute approximate surface area is 75.6 Å². The van der Waals surface area contributed by atoms with E-state index in [0.29, 0.717) is 5.02 Å². The van der Waals surface area contributed by atoms with Gasteiger partial charge in [-0.05, 0) is 11.6 Å². The van der Waals surface area contributed by atoms with E-state index in [2.05, 4.69) is 12.6 Å². The van der Waals surface area contributed by atoms with E-state index >= 15 is 0 Å². The Morgan fingerprint density at radius 1 is 1.30 bits per heavy atom. The van der Waals surface area contributed by atoms with E-state index in [9.17, 15) is 0 Å². The number of rotatable bonds is 1. The molecular formula is C7H6Cl2S. The van der Waals surface area contributed by atoms with Gasteiger partial charge in [-0.1, -0.05) is 29.8 Å². The van der Waals surface area contributed by atoms with Crippen molar-refractivity contribution < 1.29 is 0 Å². The molecule has 0 saturated heterocycles. The van der Waals surface area contributed by atoms with E-state index in [-0.39, 0.29) is 4.71 Å². The SMILES string of the molecule is SC(Cl)c1ccccc1Cl. The van der Waals surface area contributed by atoms with Crippen LogP contribution in [0.2, 0.25) is 5.02 Å². The fraction of sp³-hybridized carbons (Fsp3) is 0.143. The van der Waals surface area contributed by atoms with Crippen molar-refractivity contribution in [2.45, 2.75) is 4.71 Å². The van der Waals surface area contributed by atoms with E-state index in [1.165, 1.54) is 0 Å². The van der Waals surface area contributed by atoms with Crippen LogP contribution in [0.1, 0.15) is 10.3 Å². The molecule has 0 saturated carbocycles. The second kappa shape index (κ2) is 3.51. The van der Waals surface area contributed by atoms with E-state index < -0.39 is 0 Å². The summed E-state index contributed by atoms with van der Waals surface area (Å²) in [5.41, 5.74) is 0.856. The molecule has 1 atom stereocenters. The molecule has 0 fully saturated rings. The number of thiol groups is 1. The summed E-state index contributed by atoms with van der Waals surface area (Å²) in [7, 11) is 0. The van der Waals surface area contributed by atoms with Gasteiger partial charge in [-0.25, -0.2) is 0 Å². The van der Waals surface area contributed by atoms with Crippen LogP contribution in [0.15, 0.2) is 24.3 Å². The lowest BCUT2D eigenvalue weighted by atomic mass is 10.2. The summed E-state index contributed by atoms with van der Waals surface area (Å²) < 4.78 is -0.311. The molecule has 3 heteroatoms. The lowest BCUT2D eigenvalue weighted by Crippen LogP contribution is -1.81. The molecule has 0 aliphatic carbocycles. The number of alkyl halides is 1. The van der Waals surface area contributed by atoms with Crippen LogP contribution < -0.4 is 0 Å². The molecule has 0 N–H and O–H groups in total. The number of benzene rings is 1. The third-order valence-electron chi connectivity index (χ3n) is 1.16. The second-order valence-corrected chi connectivity index (χ2v) is 3.52. The molecule has 0 aliphatic heterocycles. The highest BCUT2D eigenvalue weighted by molar-refractivity contribution is 7.82. The van der Waals surface area contributed by atoms with Gasteiger partial charge >= 0.3 is 0 Å². The molecule has 1 unspecified atom stereocenters. The molecular weight excluding hydrogens is 187 g/mol. The molecule has 0 heterocycles. The Bertz CT molecular complexity index is 223. The fourth-order valence-electron chi connectivity index (χ4n) is 0.668. The molecule has 54 valence electrons. The summed E-state index contributed by atoms with van der Waals surface area (Å²) in [5, 5.41) is 0.664. The monoisotopic (exact) mass is 192 g/mol. The van der Waals surface area contributed by atoms with Crippen LogP contribution in [0.5, 0.6) is 0 Å². The van der Waals surface area contributed by atoms with E-state index in [0.717, 1.165) is 5.56 Å². The molecule has 1 aromatic rings. The van der Waals surface area contributed by atoms with Gasteiger partial charge in [0.1, 0.15) is 4.71 Å². The van der Waals surface area contributed by atoms with Gasteiger partial charge in [0, 0.05) is 5.02 Å². The largest absolute Gasteiger partial charge is 0.155 e. The topological polar surface area (TPSA) is 0 Å². The maximum absolute atomic E-state index is 5.79. The Kier molecular flexibility index (Phi) is 2.90. The number of hydrogen-bond acceptors (Lipinski definition) is 1.